The molecule has 7 nitrogen and oxygen atoms in total. The van der Waals surface area contributed by atoms with Crippen LogP contribution in [0.5, 0.6) is 5.75 Å². The monoisotopic (exact) mass is 392 g/mol. The molecule has 0 atom stereocenters. The highest BCUT2D eigenvalue weighted by Gasteiger charge is 2.23. The number of nitrogens with zero attached hydrogens (tertiary/aromatic N) is 3. The number of benzene rings is 2. The number of nitrogens with one attached hydrogen (secondary N) is 1. The number of fused-ring (bicyclic) bond motifs is 1. The number of hydrogen-bond acceptors (Lipinski definition) is 5. The van der Waals surface area contributed by atoms with E-state index in [0.717, 1.165) is 0 Å². The van der Waals surface area contributed by atoms with Crippen molar-refractivity contribution in [3.63, 3.8) is 0 Å². The van der Waals surface area contributed by atoms with Crippen molar-refractivity contribution in [1.29, 1.82) is 0 Å². The average Bonchev–Trinajstić information content (AvgIpc) is 2.99. The summed E-state index contributed by atoms with van der Waals surface area (Å²) in [4.78, 5) is 6.23. The first-order chi connectivity index (χ1) is 12.7. The van der Waals surface area contributed by atoms with Gasteiger partial charge in [-0.2, -0.15) is 0 Å². The van der Waals surface area contributed by atoms with Crippen LogP contribution in [-0.4, -0.2) is 43.2 Å². The van der Waals surface area contributed by atoms with E-state index in [0.29, 0.717) is 22.7 Å². The molecule has 0 aliphatic carbocycles. The molecule has 1 heterocycles. The predicted octanol–water partition coefficient (Wildman–Crippen LogP) is 2.62. The van der Waals surface area contributed by atoms with Gasteiger partial charge in [-0.3, -0.25) is 4.57 Å². The van der Waals surface area contributed by atoms with E-state index < -0.39 is 10.0 Å². The summed E-state index contributed by atoms with van der Waals surface area (Å²) >= 11 is 0. The van der Waals surface area contributed by atoms with Crippen LogP contribution in [0, 0.1) is 5.82 Å². The maximum atomic E-state index is 13.4. The van der Waals surface area contributed by atoms with Crippen molar-refractivity contribution in [3.05, 3.63) is 42.2 Å². The minimum Gasteiger partial charge on any atom is -0.506 e. The van der Waals surface area contributed by atoms with Crippen molar-refractivity contribution in [2.45, 2.75) is 24.8 Å². The second kappa shape index (κ2) is 6.82. The summed E-state index contributed by atoms with van der Waals surface area (Å²) in [6.07, 6.45) is 0. The second-order valence-corrected chi connectivity index (χ2v) is 8.30. The molecule has 0 saturated carbocycles. The third-order valence-corrected chi connectivity index (χ3v) is 5.89. The fourth-order valence-corrected chi connectivity index (χ4v) is 3.54. The molecule has 0 bridgehead atoms. The number of anilines is 1. The Labute approximate surface area is 157 Å². The number of halogens is 1. The van der Waals surface area contributed by atoms with Gasteiger partial charge >= 0.3 is 0 Å². The Hall–Kier alpha value is -2.65. The molecule has 2 N–H and O–H groups in total. The molecule has 0 radical (unpaired) electrons. The van der Waals surface area contributed by atoms with Gasteiger partial charge in [0.25, 0.3) is 0 Å². The zero-order valence-electron chi connectivity index (χ0n) is 15.4. The lowest BCUT2D eigenvalue weighted by atomic mass is 10.2. The van der Waals surface area contributed by atoms with Gasteiger partial charge in [-0.1, -0.05) is 0 Å². The summed E-state index contributed by atoms with van der Waals surface area (Å²) in [6.45, 7) is 3.98. The molecule has 0 amide bonds. The summed E-state index contributed by atoms with van der Waals surface area (Å²) in [5.74, 6) is -0.212. The highest BCUT2D eigenvalue weighted by molar-refractivity contribution is 7.89. The third kappa shape index (κ3) is 3.35. The Morgan fingerprint density at radius 2 is 1.85 bits per heavy atom. The van der Waals surface area contributed by atoms with Crippen molar-refractivity contribution in [3.8, 4) is 11.4 Å². The number of rotatable bonds is 5. The third-order valence-electron chi connectivity index (χ3n) is 4.45. The van der Waals surface area contributed by atoms with Gasteiger partial charge in [0.2, 0.25) is 16.0 Å². The van der Waals surface area contributed by atoms with E-state index in [1.165, 1.54) is 31.3 Å². The van der Waals surface area contributed by atoms with Gasteiger partial charge in [0.15, 0.2) is 0 Å². The van der Waals surface area contributed by atoms with Gasteiger partial charge in [-0.25, -0.2) is 22.5 Å². The topological polar surface area (TPSA) is 87.5 Å². The minimum absolute atomic E-state index is 0.107. The number of phenolic OH excluding ortho intramolecular Hbond substituents is 1. The molecule has 3 aromatic rings. The predicted molar refractivity (Wildman–Crippen MR) is 102 cm³/mol. The molecule has 144 valence electrons. The van der Waals surface area contributed by atoms with Gasteiger partial charge in [0, 0.05) is 24.8 Å². The zero-order chi connectivity index (χ0) is 19.9. The first-order valence-corrected chi connectivity index (χ1v) is 9.82. The fourth-order valence-electron chi connectivity index (χ4n) is 2.72. The molecule has 1 aromatic heterocycles. The first-order valence-electron chi connectivity index (χ1n) is 8.33. The Kier molecular flexibility index (Phi) is 4.83. The maximum Gasteiger partial charge on any atom is 0.244 e. The van der Waals surface area contributed by atoms with Gasteiger partial charge in [-0.15, -0.1) is 0 Å². The molecule has 27 heavy (non-hydrogen) atoms. The van der Waals surface area contributed by atoms with E-state index in [9.17, 15) is 17.9 Å². The minimum atomic E-state index is -3.84. The van der Waals surface area contributed by atoms with E-state index in [1.54, 1.807) is 16.7 Å². The lowest BCUT2D eigenvalue weighted by molar-refractivity contribution is 0.459. The van der Waals surface area contributed by atoms with Gasteiger partial charge in [-0.05, 0) is 51.2 Å². The first kappa shape index (κ1) is 19.1. The normalized spacial score (nSPS) is 12.1. The van der Waals surface area contributed by atoms with Crippen molar-refractivity contribution in [1.82, 2.24) is 14.3 Å². The van der Waals surface area contributed by atoms with Crippen LogP contribution in [0.4, 0.5) is 10.3 Å². The van der Waals surface area contributed by atoms with Crippen LogP contribution in [0.3, 0.4) is 0 Å². The molecule has 3 rings (SSSR count). The van der Waals surface area contributed by atoms with Crippen LogP contribution in [-0.2, 0) is 10.0 Å². The number of sulfonamides is 1. The van der Waals surface area contributed by atoms with Crippen LogP contribution in [0.25, 0.3) is 16.7 Å². The summed E-state index contributed by atoms with van der Waals surface area (Å²) in [7, 11) is -0.713. The molecular weight excluding hydrogens is 371 g/mol. The molecule has 0 aliphatic rings. The molecular formula is C18H21FN4O3S. The standard InChI is InChI=1S/C18H21FN4O3S/c1-11(2)22(4)18-21-14-9-17(27(25,26)20-3)16(24)10-15(14)23(18)13-7-5-12(19)6-8-13/h5-11,20,24H,1-4H3. The van der Waals surface area contributed by atoms with Crippen molar-refractivity contribution in [2.24, 2.45) is 0 Å². The SMILES string of the molecule is CNS(=O)(=O)c1cc2nc(N(C)C(C)C)n(-c3ccc(F)cc3)c2cc1O. The van der Waals surface area contributed by atoms with Gasteiger partial charge in [0.05, 0.1) is 11.0 Å². The molecule has 9 heteroatoms. The molecule has 0 aliphatic heterocycles. The lowest BCUT2D eigenvalue weighted by Crippen LogP contribution is -2.28. The summed E-state index contributed by atoms with van der Waals surface area (Å²) in [6, 6.07) is 8.66. The number of hydrogen-bond donors (Lipinski definition) is 2. The molecule has 0 spiro atoms. The Morgan fingerprint density at radius 3 is 2.41 bits per heavy atom. The number of imidazole rings is 1. The van der Waals surface area contributed by atoms with Crippen molar-refractivity contribution in [2.75, 3.05) is 19.0 Å². The number of phenols is 1. The molecule has 0 saturated heterocycles. The summed E-state index contributed by atoms with van der Waals surface area (Å²) < 4.78 is 41.6. The lowest BCUT2D eigenvalue weighted by Gasteiger charge is -2.23. The van der Waals surface area contributed by atoms with E-state index in [-0.39, 0.29) is 22.5 Å². The van der Waals surface area contributed by atoms with Crippen LogP contribution in [0.2, 0.25) is 0 Å². The van der Waals surface area contributed by atoms with E-state index in [2.05, 4.69) is 9.71 Å². The second-order valence-electron chi connectivity index (χ2n) is 6.44. The smallest absolute Gasteiger partial charge is 0.244 e. The Balaban J connectivity index is 2.35. The Morgan fingerprint density at radius 1 is 1.22 bits per heavy atom. The number of aromatic nitrogens is 2. The molecule has 0 unspecified atom stereocenters. The highest BCUT2D eigenvalue weighted by atomic mass is 32.2. The largest absolute Gasteiger partial charge is 0.506 e. The summed E-state index contributed by atoms with van der Waals surface area (Å²) in [5, 5.41) is 10.3. The average molecular weight is 392 g/mol. The van der Waals surface area contributed by atoms with Crippen LogP contribution >= 0.6 is 0 Å². The number of aromatic hydroxyl groups is 1. The molecule has 2 aromatic carbocycles. The quantitative estimate of drug-likeness (QED) is 0.697. The van der Waals surface area contributed by atoms with Crippen molar-refractivity contribution >= 4 is 27.0 Å². The van der Waals surface area contributed by atoms with Crippen molar-refractivity contribution < 1.29 is 17.9 Å². The van der Waals surface area contributed by atoms with Gasteiger partial charge < -0.3 is 10.0 Å². The zero-order valence-corrected chi connectivity index (χ0v) is 16.2. The van der Waals surface area contributed by atoms with Crippen LogP contribution in [0.1, 0.15) is 13.8 Å². The van der Waals surface area contributed by atoms with E-state index in [1.807, 2.05) is 25.8 Å². The van der Waals surface area contributed by atoms with Crippen LogP contribution in [0.15, 0.2) is 41.3 Å². The van der Waals surface area contributed by atoms with E-state index in [4.69, 9.17) is 0 Å². The Bertz CT molecular complexity index is 1090. The van der Waals surface area contributed by atoms with Crippen LogP contribution < -0.4 is 9.62 Å². The maximum absolute atomic E-state index is 13.4. The molecule has 0 fully saturated rings. The van der Waals surface area contributed by atoms with Gasteiger partial charge in [0.1, 0.15) is 16.5 Å². The summed E-state index contributed by atoms with van der Waals surface area (Å²) in [5.41, 5.74) is 1.55. The fraction of sp³-hybridized carbons (Fsp3) is 0.278. The highest BCUT2D eigenvalue weighted by Crippen LogP contribution is 2.33. The van der Waals surface area contributed by atoms with E-state index >= 15 is 0 Å².